The molecule has 174 valence electrons. The zero-order chi connectivity index (χ0) is 23.0. The van der Waals surface area contributed by atoms with Gasteiger partial charge in [0.25, 0.3) is 5.95 Å². The van der Waals surface area contributed by atoms with Crippen molar-refractivity contribution in [2.75, 3.05) is 19.8 Å². The third-order valence-corrected chi connectivity index (χ3v) is 5.41. The summed E-state index contributed by atoms with van der Waals surface area (Å²) in [6, 6.07) is 14.2. The molecule has 1 aliphatic heterocycles. The lowest BCUT2D eigenvalue weighted by Crippen LogP contribution is -2.26. The second-order valence-electron chi connectivity index (χ2n) is 7.81. The van der Waals surface area contributed by atoms with Gasteiger partial charge in [0.15, 0.2) is 0 Å². The molecular formula is C24H25N7O3. The van der Waals surface area contributed by atoms with Crippen molar-refractivity contribution in [3.8, 4) is 12.0 Å². The maximum atomic E-state index is 5.97. The molecule has 10 nitrogen and oxygen atoms in total. The van der Waals surface area contributed by atoms with Crippen molar-refractivity contribution in [1.29, 1.82) is 0 Å². The van der Waals surface area contributed by atoms with Crippen LogP contribution in [0.4, 0.5) is 5.95 Å². The lowest BCUT2D eigenvalue weighted by molar-refractivity contribution is 0.0213. The third-order valence-electron chi connectivity index (χ3n) is 5.41. The van der Waals surface area contributed by atoms with E-state index in [4.69, 9.17) is 14.2 Å². The molecule has 1 fully saturated rings. The van der Waals surface area contributed by atoms with Crippen molar-refractivity contribution < 1.29 is 14.2 Å². The van der Waals surface area contributed by atoms with Gasteiger partial charge in [0.2, 0.25) is 0 Å². The first kappa shape index (κ1) is 21.9. The fourth-order valence-corrected chi connectivity index (χ4v) is 3.66. The van der Waals surface area contributed by atoms with Gasteiger partial charge in [0, 0.05) is 53.8 Å². The summed E-state index contributed by atoms with van der Waals surface area (Å²) in [5, 5.41) is 9.63. The number of rotatable bonds is 9. The summed E-state index contributed by atoms with van der Waals surface area (Å²) in [6.45, 7) is 2.06. The standard InChI is InChI=1S/C24H25N7O3/c1-2-7-21-20(6-1)17(15-26-21)16-27-31-22-28-23(33-14-8-18-5-3-4-11-25-18)30-24(29-22)34-19-9-12-32-13-10-19/h1-7,11,15,19,26H,8-10,12-14,16H2. The van der Waals surface area contributed by atoms with Crippen LogP contribution in [0.5, 0.6) is 12.0 Å². The monoisotopic (exact) mass is 459 g/mol. The first-order valence-corrected chi connectivity index (χ1v) is 11.3. The Hall–Kier alpha value is -3.92. The first-order chi connectivity index (χ1) is 16.8. The van der Waals surface area contributed by atoms with E-state index in [1.165, 1.54) is 0 Å². The molecule has 0 amide bonds. The van der Waals surface area contributed by atoms with Crippen LogP contribution in [0, 0.1) is 0 Å². The van der Waals surface area contributed by atoms with Crippen molar-refractivity contribution in [3.05, 3.63) is 66.1 Å². The van der Waals surface area contributed by atoms with Gasteiger partial charge in [0.1, 0.15) is 6.10 Å². The highest BCUT2D eigenvalue weighted by molar-refractivity contribution is 5.82. The molecule has 0 atom stereocenters. The molecular weight excluding hydrogens is 434 g/mol. The highest BCUT2D eigenvalue weighted by Crippen LogP contribution is 2.21. The quantitative estimate of drug-likeness (QED) is 0.372. The summed E-state index contributed by atoms with van der Waals surface area (Å²) in [4.78, 5) is 20.5. The Morgan fingerprint density at radius 1 is 1.00 bits per heavy atom. The Kier molecular flexibility index (Phi) is 6.96. The van der Waals surface area contributed by atoms with Crippen LogP contribution in [-0.4, -0.2) is 50.8 Å². The molecule has 3 aromatic heterocycles. The van der Waals surface area contributed by atoms with Crippen LogP contribution in [0.25, 0.3) is 10.9 Å². The number of hydrogen-bond acceptors (Lipinski definition) is 9. The van der Waals surface area contributed by atoms with Crippen LogP contribution in [0.15, 0.2) is 65.1 Å². The van der Waals surface area contributed by atoms with Crippen molar-refractivity contribution in [2.45, 2.75) is 31.9 Å². The number of nitrogens with zero attached hydrogens (tertiary/aromatic N) is 6. The van der Waals surface area contributed by atoms with E-state index in [-0.39, 0.29) is 24.1 Å². The van der Waals surface area contributed by atoms with E-state index in [2.05, 4.69) is 35.1 Å². The van der Waals surface area contributed by atoms with Crippen molar-refractivity contribution in [1.82, 2.24) is 24.9 Å². The van der Waals surface area contributed by atoms with Gasteiger partial charge in [-0.25, -0.2) is 0 Å². The molecule has 0 saturated carbocycles. The number of pyridine rings is 1. The van der Waals surface area contributed by atoms with Gasteiger partial charge < -0.3 is 19.2 Å². The lowest BCUT2D eigenvalue weighted by atomic mass is 10.2. The number of hydrogen-bond donors (Lipinski definition) is 1. The van der Waals surface area contributed by atoms with E-state index in [0.29, 0.717) is 32.8 Å². The Morgan fingerprint density at radius 3 is 2.74 bits per heavy atom. The number of fused-ring (bicyclic) bond motifs is 1. The van der Waals surface area contributed by atoms with Crippen LogP contribution < -0.4 is 9.47 Å². The Bertz CT molecular complexity index is 1240. The molecule has 1 aromatic carbocycles. The van der Waals surface area contributed by atoms with Gasteiger partial charge in [-0.15, -0.1) is 10.1 Å². The molecule has 0 aliphatic carbocycles. The van der Waals surface area contributed by atoms with E-state index in [9.17, 15) is 0 Å². The van der Waals surface area contributed by atoms with Crippen LogP contribution in [0.3, 0.4) is 0 Å². The van der Waals surface area contributed by atoms with Gasteiger partial charge >= 0.3 is 12.0 Å². The van der Waals surface area contributed by atoms with E-state index >= 15 is 0 Å². The van der Waals surface area contributed by atoms with Gasteiger partial charge in [-0.2, -0.15) is 15.1 Å². The second-order valence-corrected chi connectivity index (χ2v) is 7.81. The topological polar surface area (TPSA) is 120 Å². The largest absolute Gasteiger partial charge is 0.463 e. The number of H-pyrrole nitrogens is 1. The normalized spacial score (nSPS) is 14.6. The number of para-hydroxylation sites is 1. The molecule has 0 bridgehead atoms. The maximum absolute atomic E-state index is 5.97. The summed E-state index contributed by atoms with van der Waals surface area (Å²) in [6.07, 6.45) is 5.85. The van der Waals surface area contributed by atoms with Gasteiger partial charge in [-0.05, 0) is 18.2 Å². The molecule has 0 spiro atoms. The first-order valence-electron chi connectivity index (χ1n) is 11.3. The highest BCUT2D eigenvalue weighted by atomic mass is 16.5. The Balaban J connectivity index is 1.30. The number of ether oxygens (including phenoxy) is 3. The number of aromatic nitrogens is 5. The minimum absolute atomic E-state index is 0.0199. The zero-order valence-electron chi connectivity index (χ0n) is 18.6. The van der Waals surface area contributed by atoms with Crippen molar-refractivity contribution >= 4 is 16.9 Å². The molecule has 5 rings (SSSR count). The molecule has 4 aromatic rings. The van der Waals surface area contributed by atoms with Gasteiger partial charge in [0.05, 0.1) is 26.4 Å². The summed E-state index contributed by atoms with van der Waals surface area (Å²) in [5.74, 6) is 0.143. The lowest BCUT2D eigenvalue weighted by Gasteiger charge is -2.22. The molecule has 10 heteroatoms. The number of aromatic amines is 1. The Morgan fingerprint density at radius 2 is 1.85 bits per heavy atom. The minimum atomic E-state index is -0.0199. The summed E-state index contributed by atoms with van der Waals surface area (Å²) >= 11 is 0. The number of nitrogens with one attached hydrogen (secondary N) is 1. The third kappa shape index (κ3) is 5.70. The van der Waals surface area contributed by atoms with E-state index in [1.807, 2.05) is 48.7 Å². The summed E-state index contributed by atoms with van der Waals surface area (Å²) < 4.78 is 17.1. The molecule has 1 aliphatic rings. The van der Waals surface area contributed by atoms with Crippen molar-refractivity contribution in [2.24, 2.45) is 10.2 Å². The van der Waals surface area contributed by atoms with E-state index < -0.39 is 0 Å². The van der Waals surface area contributed by atoms with E-state index in [1.54, 1.807) is 6.20 Å². The maximum Gasteiger partial charge on any atom is 0.324 e. The average Bonchev–Trinajstić information content (AvgIpc) is 3.28. The minimum Gasteiger partial charge on any atom is -0.463 e. The highest BCUT2D eigenvalue weighted by Gasteiger charge is 2.18. The summed E-state index contributed by atoms with van der Waals surface area (Å²) in [5.41, 5.74) is 3.02. The number of azo groups is 1. The van der Waals surface area contributed by atoms with Gasteiger partial charge in [-0.1, -0.05) is 24.3 Å². The molecule has 34 heavy (non-hydrogen) atoms. The molecule has 4 heterocycles. The predicted octanol–water partition coefficient (Wildman–Crippen LogP) is 4.21. The van der Waals surface area contributed by atoms with Crippen LogP contribution in [0.1, 0.15) is 24.1 Å². The SMILES string of the molecule is c1ccc(CCOc2nc(N=NCc3c[nH]c4ccccc34)nc(OC3CCOCC3)n2)nc1. The second kappa shape index (κ2) is 10.8. The van der Waals surface area contributed by atoms with Gasteiger partial charge in [-0.3, -0.25) is 4.98 Å². The molecule has 1 N–H and O–H groups in total. The zero-order valence-corrected chi connectivity index (χ0v) is 18.6. The number of benzene rings is 1. The fourth-order valence-electron chi connectivity index (χ4n) is 3.66. The van der Waals surface area contributed by atoms with Crippen LogP contribution in [-0.2, 0) is 17.7 Å². The smallest absolute Gasteiger partial charge is 0.324 e. The predicted molar refractivity (Wildman–Crippen MR) is 124 cm³/mol. The average molecular weight is 460 g/mol. The van der Waals surface area contributed by atoms with Crippen LogP contribution in [0.2, 0.25) is 0 Å². The Labute approximate surface area is 196 Å². The molecule has 0 unspecified atom stereocenters. The van der Waals surface area contributed by atoms with Crippen molar-refractivity contribution in [3.63, 3.8) is 0 Å². The van der Waals surface area contributed by atoms with E-state index in [0.717, 1.165) is 35.0 Å². The molecule has 0 radical (unpaired) electrons. The molecule has 1 saturated heterocycles. The van der Waals surface area contributed by atoms with Crippen LogP contribution >= 0.6 is 0 Å². The fraction of sp³-hybridized carbons (Fsp3) is 0.333. The summed E-state index contributed by atoms with van der Waals surface area (Å²) in [7, 11) is 0.